The molecule has 21 heavy (non-hydrogen) atoms. The molecule has 1 heterocycles. The number of morpholine rings is 1. The highest BCUT2D eigenvalue weighted by molar-refractivity contribution is 5.50. The van der Waals surface area contributed by atoms with Crippen molar-refractivity contribution in [3.05, 3.63) is 34.4 Å². The Morgan fingerprint density at radius 1 is 1.29 bits per heavy atom. The highest BCUT2D eigenvalue weighted by Gasteiger charge is 2.21. The molecule has 0 N–H and O–H groups in total. The molecule has 1 aliphatic heterocycles. The molecular formula is C15H23N3O3. The molecule has 0 spiro atoms. The monoisotopic (exact) mass is 293 g/mol. The summed E-state index contributed by atoms with van der Waals surface area (Å²) in [4.78, 5) is 14.8. The number of nitro groups is 1. The van der Waals surface area contributed by atoms with Gasteiger partial charge in [0.25, 0.3) is 5.69 Å². The Bertz CT molecular complexity index is 468. The summed E-state index contributed by atoms with van der Waals surface area (Å²) in [5.74, 6) is 0. The van der Waals surface area contributed by atoms with E-state index in [0.29, 0.717) is 0 Å². The lowest BCUT2D eigenvalue weighted by molar-refractivity contribution is -0.384. The van der Waals surface area contributed by atoms with Crippen molar-refractivity contribution in [3.63, 3.8) is 0 Å². The molecule has 6 heteroatoms. The van der Waals surface area contributed by atoms with Crippen LogP contribution in [-0.4, -0.2) is 55.3 Å². The summed E-state index contributed by atoms with van der Waals surface area (Å²) >= 11 is 0. The maximum Gasteiger partial charge on any atom is 0.269 e. The zero-order valence-corrected chi connectivity index (χ0v) is 12.9. The minimum Gasteiger partial charge on any atom is -0.373 e. The first-order valence-corrected chi connectivity index (χ1v) is 7.29. The van der Waals surface area contributed by atoms with Crippen LogP contribution in [0.25, 0.3) is 0 Å². The number of ether oxygens (including phenoxy) is 1. The summed E-state index contributed by atoms with van der Waals surface area (Å²) in [6, 6.07) is 6.68. The number of likely N-dealkylation sites (N-methyl/N-ethyl adjacent to an activating group) is 1. The van der Waals surface area contributed by atoms with Gasteiger partial charge in [-0.3, -0.25) is 15.0 Å². The van der Waals surface area contributed by atoms with E-state index in [1.54, 1.807) is 24.3 Å². The van der Waals surface area contributed by atoms with Crippen molar-refractivity contribution < 1.29 is 9.66 Å². The minimum atomic E-state index is -0.375. The lowest BCUT2D eigenvalue weighted by atomic mass is 10.2. The number of rotatable bonds is 5. The number of benzene rings is 1. The zero-order valence-electron chi connectivity index (χ0n) is 12.9. The molecule has 0 aromatic heterocycles. The van der Waals surface area contributed by atoms with Gasteiger partial charge in [-0.2, -0.15) is 0 Å². The van der Waals surface area contributed by atoms with Gasteiger partial charge in [-0.1, -0.05) is 0 Å². The van der Waals surface area contributed by atoms with Crippen LogP contribution in [-0.2, 0) is 4.74 Å². The molecule has 0 amide bonds. The average molecular weight is 293 g/mol. The second kappa shape index (κ2) is 6.87. The Hall–Kier alpha value is -1.66. The first-order chi connectivity index (χ1) is 9.95. The van der Waals surface area contributed by atoms with E-state index in [1.807, 2.05) is 7.05 Å². The summed E-state index contributed by atoms with van der Waals surface area (Å²) in [6.45, 7) is 7.96. The van der Waals surface area contributed by atoms with Crippen LogP contribution >= 0.6 is 0 Å². The fourth-order valence-electron chi connectivity index (χ4n) is 2.72. The Kier molecular flexibility index (Phi) is 5.14. The molecule has 0 bridgehead atoms. The van der Waals surface area contributed by atoms with Crippen molar-refractivity contribution in [2.24, 2.45) is 0 Å². The molecule has 1 aromatic rings. The molecule has 116 valence electrons. The molecule has 0 saturated carbocycles. The van der Waals surface area contributed by atoms with Crippen molar-refractivity contribution in [2.45, 2.75) is 26.1 Å². The van der Waals surface area contributed by atoms with Crippen molar-refractivity contribution in [3.8, 4) is 0 Å². The standard InChI is InChI=1S/C15H23N3O3/c1-12-10-17(11-13(2)21-12)9-8-16(3)14-4-6-15(7-5-14)18(19)20/h4-7,12-13H,8-11H2,1-3H3/t12-,13+. The van der Waals surface area contributed by atoms with Crippen LogP contribution in [0.3, 0.4) is 0 Å². The SMILES string of the molecule is C[C@@H]1CN(CCN(C)c2ccc([N+](=O)[O-])cc2)C[C@H](C)O1. The van der Waals surface area contributed by atoms with Gasteiger partial charge in [-0.25, -0.2) is 0 Å². The van der Waals surface area contributed by atoms with Gasteiger partial charge in [-0.15, -0.1) is 0 Å². The third-order valence-corrected chi connectivity index (χ3v) is 3.75. The number of anilines is 1. The molecule has 1 fully saturated rings. The van der Waals surface area contributed by atoms with E-state index in [4.69, 9.17) is 4.74 Å². The third kappa shape index (κ3) is 4.41. The molecule has 0 unspecified atom stereocenters. The van der Waals surface area contributed by atoms with Crippen LogP contribution in [0.4, 0.5) is 11.4 Å². The lowest BCUT2D eigenvalue weighted by Gasteiger charge is -2.36. The van der Waals surface area contributed by atoms with E-state index in [2.05, 4.69) is 23.6 Å². The van der Waals surface area contributed by atoms with Gasteiger partial charge in [0.05, 0.1) is 17.1 Å². The maximum atomic E-state index is 10.6. The van der Waals surface area contributed by atoms with Gasteiger partial charge in [0.15, 0.2) is 0 Å². The number of hydrogen-bond donors (Lipinski definition) is 0. The molecule has 2 atom stereocenters. The Morgan fingerprint density at radius 2 is 1.86 bits per heavy atom. The summed E-state index contributed by atoms with van der Waals surface area (Å²) in [5.41, 5.74) is 1.12. The van der Waals surface area contributed by atoms with Gasteiger partial charge in [0, 0.05) is 51.0 Å². The largest absolute Gasteiger partial charge is 0.373 e. The van der Waals surface area contributed by atoms with Gasteiger partial charge in [-0.05, 0) is 26.0 Å². The van der Waals surface area contributed by atoms with Gasteiger partial charge < -0.3 is 9.64 Å². The number of non-ortho nitro benzene ring substituents is 1. The normalized spacial score (nSPS) is 23.0. The molecule has 1 aromatic carbocycles. The summed E-state index contributed by atoms with van der Waals surface area (Å²) in [5, 5.41) is 10.6. The molecule has 2 rings (SSSR count). The van der Waals surface area contributed by atoms with E-state index in [-0.39, 0.29) is 22.8 Å². The highest BCUT2D eigenvalue weighted by atomic mass is 16.6. The zero-order chi connectivity index (χ0) is 15.4. The average Bonchev–Trinajstić information content (AvgIpc) is 2.44. The summed E-state index contributed by atoms with van der Waals surface area (Å²) in [7, 11) is 2.01. The van der Waals surface area contributed by atoms with Crippen LogP contribution in [0.1, 0.15) is 13.8 Å². The Morgan fingerprint density at radius 3 is 2.38 bits per heavy atom. The fourth-order valence-corrected chi connectivity index (χ4v) is 2.72. The Labute approximate surface area is 125 Å². The van der Waals surface area contributed by atoms with Crippen LogP contribution in [0.5, 0.6) is 0 Å². The quantitative estimate of drug-likeness (QED) is 0.615. The minimum absolute atomic E-state index is 0.128. The lowest BCUT2D eigenvalue weighted by Crippen LogP contribution is -2.47. The van der Waals surface area contributed by atoms with Gasteiger partial charge in [0.1, 0.15) is 0 Å². The van der Waals surface area contributed by atoms with Gasteiger partial charge in [0.2, 0.25) is 0 Å². The smallest absolute Gasteiger partial charge is 0.269 e. The summed E-state index contributed by atoms with van der Waals surface area (Å²) in [6.07, 6.45) is 0.553. The topological polar surface area (TPSA) is 58.9 Å². The van der Waals surface area contributed by atoms with E-state index in [1.165, 1.54) is 0 Å². The first kappa shape index (κ1) is 15.7. The van der Waals surface area contributed by atoms with E-state index < -0.39 is 0 Å². The second-order valence-electron chi connectivity index (χ2n) is 5.71. The first-order valence-electron chi connectivity index (χ1n) is 7.29. The molecule has 0 radical (unpaired) electrons. The van der Waals surface area contributed by atoms with Crippen LogP contribution in [0, 0.1) is 10.1 Å². The number of hydrogen-bond acceptors (Lipinski definition) is 5. The number of nitro benzene ring substituents is 1. The maximum absolute atomic E-state index is 10.6. The molecular weight excluding hydrogens is 270 g/mol. The van der Waals surface area contributed by atoms with Crippen molar-refractivity contribution >= 4 is 11.4 Å². The predicted molar refractivity (Wildman–Crippen MR) is 82.8 cm³/mol. The highest BCUT2D eigenvalue weighted by Crippen LogP contribution is 2.18. The van der Waals surface area contributed by atoms with E-state index >= 15 is 0 Å². The second-order valence-corrected chi connectivity index (χ2v) is 5.71. The molecule has 0 aliphatic carbocycles. The number of nitrogens with zero attached hydrogens (tertiary/aromatic N) is 3. The van der Waals surface area contributed by atoms with Crippen molar-refractivity contribution in [1.82, 2.24) is 4.90 Å². The molecule has 1 aliphatic rings. The van der Waals surface area contributed by atoms with Gasteiger partial charge >= 0.3 is 0 Å². The van der Waals surface area contributed by atoms with E-state index in [0.717, 1.165) is 31.9 Å². The van der Waals surface area contributed by atoms with Crippen LogP contribution in [0.2, 0.25) is 0 Å². The van der Waals surface area contributed by atoms with Crippen LogP contribution in [0.15, 0.2) is 24.3 Å². The fraction of sp³-hybridized carbons (Fsp3) is 0.600. The van der Waals surface area contributed by atoms with E-state index in [9.17, 15) is 10.1 Å². The van der Waals surface area contributed by atoms with Crippen molar-refractivity contribution in [2.75, 3.05) is 38.1 Å². The Balaban J connectivity index is 1.86. The third-order valence-electron chi connectivity index (χ3n) is 3.75. The molecule has 6 nitrogen and oxygen atoms in total. The summed E-state index contributed by atoms with van der Waals surface area (Å²) < 4.78 is 5.72. The van der Waals surface area contributed by atoms with Crippen molar-refractivity contribution in [1.29, 1.82) is 0 Å². The predicted octanol–water partition coefficient (Wildman–Crippen LogP) is 2.14. The van der Waals surface area contributed by atoms with Crippen LogP contribution < -0.4 is 4.90 Å². The molecule has 1 saturated heterocycles.